The van der Waals surface area contributed by atoms with Crippen molar-refractivity contribution in [2.75, 3.05) is 0 Å². The van der Waals surface area contributed by atoms with Crippen LogP contribution in [0, 0.1) is 0 Å². The van der Waals surface area contributed by atoms with Crippen LogP contribution in [-0.4, -0.2) is 10.8 Å². The highest BCUT2D eigenvalue weighted by Crippen LogP contribution is 2.14. The van der Waals surface area contributed by atoms with Gasteiger partial charge in [-0.05, 0) is 24.4 Å². The molecule has 1 aromatic heterocycles. The summed E-state index contributed by atoms with van der Waals surface area (Å²) in [6.07, 6.45) is 3.51. The number of nitrogens with zero attached hydrogens (tertiary/aromatic N) is 1. The predicted molar refractivity (Wildman–Crippen MR) is 63.1 cm³/mol. The molecule has 2 rings (SSSR count). The Balaban J connectivity index is 0.000000531. The summed E-state index contributed by atoms with van der Waals surface area (Å²) in [6.45, 7) is 5.57. The zero-order valence-corrected chi connectivity index (χ0v) is 9.32. The lowest BCUT2D eigenvalue weighted by atomic mass is 10.1. The molecule has 0 saturated heterocycles. The molecule has 0 amide bonds. The average molecular weight is 201 g/mol. The zero-order chi connectivity index (χ0) is 11.3. The minimum atomic E-state index is 0.0887. The van der Waals surface area contributed by atoms with Gasteiger partial charge in [0.15, 0.2) is 5.78 Å². The molecule has 0 fully saturated rings. The smallest absolute Gasteiger partial charge is 0.159 e. The van der Waals surface area contributed by atoms with Gasteiger partial charge >= 0.3 is 0 Å². The maximum absolute atomic E-state index is 11.1. The summed E-state index contributed by atoms with van der Waals surface area (Å²) in [4.78, 5) is 15.1. The van der Waals surface area contributed by atoms with Gasteiger partial charge in [-0.1, -0.05) is 26.0 Å². The van der Waals surface area contributed by atoms with Crippen LogP contribution >= 0.6 is 0 Å². The van der Waals surface area contributed by atoms with Crippen molar-refractivity contribution < 1.29 is 4.79 Å². The number of benzene rings is 1. The van der Waals surface area contributed by atoms with Gasteiger partial charge in [0, 0.05) is 23.3 Å². The highest BCUT2D eigenvalue weighted by atomic mass is 16.1. The van der Waals surface area contributed by atoms with Crippen LogP contribution in [0.25, 0.3) is 10.8 Å². The van der Waals surface area contributed by atoms with Crippen molar-refractivity contribution >= 4 is 16.6 Å². The van der Waals surface area contributed by atoms with Crippen LogP contribution in [0.5, 0.6) is 0 Å². The number of carbonyl (C=O) groups is 1. The largest absolute Gasteiger partial charge is 0.295 e. The molecule has 78 valence electrons. The SMILES string of the molecule is CC.CC(=O)c1ccc2ccncc2c1. The molecule has 0 aliphatic heterocycles. The second-order valence-corrected chi connectivity index (χ2v) is 2.99. The Bertz CT molecular complexity index is 463. The first-order valence-corrected chi connectivity index (χ1v) is 5.12. The number of pyridine rings is 1. The Morgan fingerprint density at radius 2 is 1.87 bits per heavy atom. The summed E-state index contributed by atoms with van der Waals surface area (Å²) < 4.78 is 0. The number of ketones is 1. The summed E-state index contributed by atoms with van der Waals surface area (Å²) in [5, 5.41) is 2.12. The Kier molecular flexibility index (Phi) is 3.98. The van der Waals surface area contributed by atoms with Crippen molar-refractivity contribution in [3.8, 4) is 0 Å². The maximum atomic E-state index is 11.1. The van der Waals surface area contributed by atoms with Crippen LogP contribution in [0.4, 0.5) is 0 Å². The second-order valence-electron chi connectivity index (χ2n) is 2.99. The molecule has 0 aliphatic rings. The van der Waals surface area contributed by atoms with Crippen molar-refractivity contribution in [2.45, 2.75) is 20.8 Å². The lowest BCUT2D eigenvalue weighted by Gasteiger charge is -1.98. The monoisotopic (exact) mass is 201 g/mol. The molecule has 0 radical (unpaired) electrons. The summed E-state index contributed by atoms with van der Waals surface area (Å²) in [5.41, 5.74) is 0.737. The molecule has 0 aliphatic carbocycles. The molecule has 1 aromatic carbocycles. The summed E-state index contributed by atoms with van der Waals surface area (Å²) >= 11 is 0. The summed E-state index contributed by atoms with van der Waals surface area (Å²) in [6, 6.07) is 7.57. The predicted octanol–water partition coefficient (Wildman–Crippen LogP) is 3.46. The minimum absolute atomic E-state index is 0.0887. The maximum Gasteiger partial charge on any atom is 0.159 e. The zero-order valence-electron chi connectivity index (χ0n) is 9.32. The van der Waals surface area contributed by atoms with Gasteiger partial charge in [0.25, 0.3) is 0 Å². The quantitative estimate of drug-likeness (QED) is 0.661. The molecule has 2 nitrogen and oxygen atoms in total. The van der Waals surface area contributed by atoms with Crippen molar-refractivity contribution in [3.05, 3.63) is 42.2 Å². The fourth-order valence-electron chi connectivity index (χ4n) is 1.30. The van der Waals surface area contributed by atoms with Gasteiger partial charge in [-0.2, -0.15) is 0 Å². The third-order valence-corrected chi connectivity index (χ3v) is 2.05. The van der Waals surface area contributed by atoms with Crippen molar-refractivity contribution in [1.82, 2.24) is 4.98 Å². The van der Waals surface area contributed by atoms with E-state index in [1.165, 1.54) is 0 Å². The number of hydrogen-bond donors (Lipinski definition) is 0. The Hall–Kier alpha value is -1.70. The van der Waals surface area contributed by atoms with E-state index >= 15 is 0 Å². The van der Waals surface area contributed by atoms with Gasteiger partial charge < -0.3 is 0 Å². The van der Waals surface area contributed by atoms with Crippen molar-refractivity contribution in [3.63, 3.8) is 0 Å². The fourth-order valence-corrected chi connectivity index (χ4v) is 1.30. The van der Waals surface area contributed by atoms with E-state index < -0.39 is 0 Å². The fraction of sp³-hybridized carbons (Fsp3) is 0.231. The molecule has 2 heteroatoms. The normalized spacial score (nSPS) is 9.27. The number of carbonyl (C=O) groups excluding carboxylic acids is 1. The molecule has 2 aromatic rings. The molecule has 0 N–H and O–H groups in total. The van der Waals surface area contributed by atoms with Crippen LogP contribution in [0.1, 0.15) is 31.1 Å². The highest BCUT2D eigenvalue weighted by Gasteiger charge is 1.99. The van der Waals surface area contributed by atoms with E-state index in [9.17, 15) is 4.79 Å². The van der Waals surface area contributed by atoms with Crippen LogP contribution in [0.2, 0.25) is 0 Å². The molecular weight excluding hydrogens is 186 g/mol. The molecule has 0 atom stereocenters. The lowest BCUT2D eigenvalue weighted by Crippen LogP contribution is -1.90. The first-order chi connectivity index (χ1) is 7.27. The third-order valence-electron chi connectivity index (χ3n) is 2.05. The second kappa shape index (κ2) is 5.25. The van der Waals surface area contributed by atoms with Gasteiger partial charge in [0.05, 0.1) is 0 Å². The molecule has 0 saturated carbocycles. The number of Topliss-reactive ketones (excluding diaryl/α,β-unsaturated/α-hetero) is 1. The molecule has 15 heavy (non-hydrogen) atoms. The van der Waals surface area contributed by atoms with E-state index in [2.05, 4.69) is 4.98 Å². The minimum Gasteiger partial charge on any atom is -0.295 e. The summed E-state index contributed by atoms with van der Waals surface area (Å²) in [5.74, 6) is 0.0887. The van der Waals surface area contributed by atoms with E-state index in [4.69, 9.17) is 0 Å². The highest BCUT2D eigenvalue weighted by molar-refractivity contribution is 5.98. The molecule has 0 bridgehead atoms. The average Bonchev–Trinajstić information content (AvgIpc) is 2.31. The van der Waals surface area contributed by atoms with E-state index in [-0.39, 0.29) is 5.78 Å². The third kappa shape index (κ3) is 2.62. The molecule has 1 heterocycles. The first kappa shape index (κ1) is 11.4. The van der Waals surface area contributed by atoms with Crippen molar-refractivity contribution in [1.29, 1.82) is 0 Å². The van der Waals surface area contributed by atoms with Gasteiger partial charge in [-0.25, -0.2) is 0 Å². The summed E-state index contributed by atoms with van der Waals surface area (Å²) in [7, 11) is 0. The molecule has 0 spiro atoms. The van der Waals surface area contributed by atoms with E-state index in [0.29, 0.717) is 0 Å². The van der Waals surface area contributed by atoms with Gasteiger partial charge in [-0.15, -0.1) is 0 Å². The van der Waals surface area contributed by atoms with Crippen LogP contribution in [-0.2, 0) is 0 Å². The molecule has 0 unspecified atom stereocenters. The topological polar surface area (TPSA) is 30.0 Å². The van der Waals surface area contributed by atoms with Crippen LogP contribution < -0.4 is 0 Å². The lowest BCUT2D eigenvalue weighted by molar-refractivity contribution is 0.101. The van der Waals surface area contributed by atoms with E-state index in [1.54, 1.807) is 19.3 Å². The van der Waals surface area contributed by atoms with Crippen LogP contribution in [0.15, 0.2) is 36.7 Å². The first-order valence-electron chi connectivity index (χ1n) is 5.12. The van der Waals surface area contributed by atoms with Gasteiger partial charge in [0.2, 0.25) is 0 Å². The Labute approximate surface area is 90.0 Å². The number of aromatic nitrogens is 1. The standard InChI is InChI=1S/C11H9NO.C2H6/c1-8(13)10-3-2-9-4-5-12-7-11(9)6-10;1-2/h2-7H,1H3;1-2H3. The van der Waals surface area contributed by atoms with Gasteiger partial charge in [-0.3, -0.25) is 9.78 Å². The van der Waals surface area contributed by atoms with E-state index in [1.807, 2.05) is 38.1 Å². The Morgan fingerprint density at radius 3 is 2.53 bits per heavy atom. The van der Waals surface area contributed by atoms with Crippen molar-refractivity contribution in [2.24, 2.45) is 0 Å². The van der Waals surface area contributed by atoms with Crippen LogP contribution in [0.3, 0.4) is 0 Å². The number of fused-ring (bicyclic) bond motifs is 1. The van der Waals surface area contributed by atoms with E-state index in [0.717, 1.165) is 16.3 Å². The number of hydrogen-bond acceptors (Lipinski definition) is 2. The molecular formula is C13H15NO. The number of rotatable bonds is 1. The van der Waals surface area contributed by atoms with Gasteiger partial charge in [0.1, 0.15) is 0 Å². The Morgan fingerprint density at radius 1 is 1.13 bits per heavy atom.